The highest BCUT2D eigenvalue weighted by Crippen LogP contribution is 2.40. The Balaban J connectivity index is 2.04. The van der Waals surface area contributed by atoms with Crippen molar-refractivity contribution in [2.75, 3.05) is 5.32 Å². The van der Waals surface area contributed by atoms with E-state index >= 15 is 0 Å². The van der Waals surface area contributed by atoms with Crippen LogP contribution in [0.5, 0.6) is 0 Å². The van der Waals surface area contributed by atoms with Gasteiger partial charge in [-0.15, -0.1) is 10.2 Å². The number of aromatic nitrogens is 5. The van der Waals surface area contributed by atoms with E-state index in [1.165, 1.54) is 24.4 Å². The number of pyridine rings is 1. The molecule has 0 saturated heterocycles. The van der Waals surface area contributed by atoms with E-state index < -0.39 is 35.3 Å². The fourth-order valence-electron chi connectivity index (χ4n) is 3.84. The molecule has 0 unspecified atom stereocenters. The number of ketones is 1. The summed E-state index contributed by atoms with van der Waals surface area (Å²) in [6, 6.07) is 2.02. The van der Waals surface area contributed by atoms with Gasteiger partial charge in [0.2, 0.25) is 17.6 Å². The zero-order valence-corrected chi connectivity index (χ0v) is 22.2. The molecule has 0 saturated carbocycles. The Morgan fingerprint density at radius 1 is 1.19 bits per heavy atom. The smallest absolute Gasteiger partial charge is 0.408 e. The molecule has 37 heavy (non-hydrogen) atoms. The molecule has 0 fully saturated rings. The number of unbranched alkanes of at least 4 members (excludes halogenated alkanes) is 1. The van der Waals surface area contributed by atoms with Crippen molar-refractivity contribution in [2.24, 2.45) is 5.41 Å². The highest BCUT2D eigenvalue weighted by Gasteiger charge is 2.45. The summed E-state index contributed by atoms with van der Waals surface area (Å²) >= 11 is 12.0. The minimum Gasteiger partial charge on any atom is -0.465 e. The molecule has 0 spiro atoms. The topological polar surface area (TPSA) is 167 Å². The molecule has 3 aromatic heterocycles. The summed E-state index contributed by atoms with van der Waals surface area (Å²) in [4.78, 5) is 43.6. The van der Waals surface area contributed by atoms with E-state index in [4.69, 9.17) is 27.6 Å². The molecule has 3 heterocycles. The molecule has 0 aromatic carbocycles. The summed E-state index contributed by atoms with van der Waals surface area (Å²) in [6.45, 7) is 7.20. The minimum absolute atomic E-state index is 0.0363. The predicted molar refractivity (Wildman–Crippen MR) is 135 cm³/mol. The first kappa shape index (κ1) is 28.1. The van der Waals surface area contributed by atoms with Crippen LogP contribution in [-0.2, 0) is 9.59 Å². The number of carbonyl (C=O) groups excluding carboxylic acids is 2. The van der Waals surface area contributed by atoms with Gasteiger partial charge in [-0.05, 0) is 24.0 Å². The Morgan fingerprint density at radius 3 is 2.41 bits per heavy atom. The van der Waals surface area contributed by atoms with Crippen LogP contribution < -0.4 is 5.32 Å². The number of hydrogen-bond acceptors (Lipinski definition) is 8. The zero-order valence-electron chi connectivity index (χ0n) is 20.7. The lowest BCUT2D eigenvalue weighted by atomic mass is 9.84. The third kappa shape index (κ3) is 6.83. The first-order chi connectivity index (χ1) is 17.4. The van der Waals surface area contributed by atoms with Crippen molar-refractivity contribution in [1.82, 2.24) is 30.3 Å². The molecule has 14 heteroatoms. The second kappa shape index (κ2) is 11.7. The van der Waals surface area contributed by atoms with Crippen molar-refractivity contribution >= 4 is 46.8 Å². The average molecular weight is 552 g/mol. The number of nitrogens with zero attached hydrogens (tertiary/aromatic N) is 5. The van der Waals surface area contributed by atoms with E-state index in [1.807, 2.05) is 6.92 Å². The minimum atomic E-state index is -1.42. The van der Waals surface area contributed by atoms with Gasteiger partial charge in [0.15, 0.2) is 0 Å². The van der Waals surface area contributed by atoms with Crippen LogP contribution in [0, 0.1) is 5.41 Å². The quantitative estimate of drug-likeness (QED) is 0.232. The van der Waals surface area contributed by atoms with Gasteiger partial charge in [0, 0.05) is 11.6 Å². The average Bonchev–Trinajstić information content (AvgIpc) is 3.49. The summed E-state index contributed by atoms with van der Waals surface area (Å²) in [5.74, 6) is -1.71. The lowest BCUT2D eigenvalue weighted by molar-refractivity contribution is -0.139. The largest absolute Gasteiger partial charge is 0.465 e. The van der Waals surface area contributed by atoms with Crippen molar-refractivity contribution in [3.8, 4) is 11.5 Å². The Kier molecular flexibility index (Phi) is 8.87. The highest BCUT2D eigenvalue weighted by atomic mass is 35.5. The van der Waals surface area contributed by atoms with Gasteiger partial charge >= 0.3 is 6.09 Å². The summed E-state index contributed by atoms with van der Waals surface area (Å²) < 4.78 is 5.88. The van der Waals surface area contributed by atoms with Gasteiger partial charge in [0.25, 0.3) is 5.91 Å². The summed E-state index contributed by atoms with van der Waals surface area (Å²) in [5, 5.41) is 27.3. The molecule has 3 aromatic rings. The Hall–Kier alpha value is -3.51. The molecule has 2 atom stereocenters. The number of Topliss-reactive ketones (excluding diaryl/α,β-unsaturated/α-hetero) is 1. The molecule has 0 bridgehead atoms. The number of rotatable bonds is 10. The second-order valence-electron chi connectivity index (χ2n) is 9.35. The van der Waals surface area contributed by atoms with Crippen molar-refractivity contribution < 1.29 is 23.9 Å². The molecule has 0 aliphatic heterocycles. The maximum atomic E-state index is 13.3. The van der Waals surface area contributed by atoms with Gasteiger partial charge in [-0.25, -0.2) is 9.78 Å². The van der Waals surface area contributed by atoms with Crippen LogP contribution in [0.4, 0.5) is 10.6 Å². The Bertz CT molecular complexity index is 1240. The number of amides is 2. The van der Waals surface area contributed by atoms with Gasteiger partial charge in [0.05, 0.1) is 6.20 Å². The van der Waals surface area contributed by atoms with Gasteiger partial charge in [-0.2, -0.15) is 5.10 Å². The van der Waals surface area contributed by atoms with Crippen LogP contribution >= 0.6 is 23.2 Å². The third-order valence-corrected chi connectivity index (χ3v) is 5.83. The number of carbonyl (C=O) groups is 3. The van der Waals surface area contributed by atoms with Gasteiger partial charge < -0.3 is 14.8 Å². The summed E-state index contributed by atoms with van der Waals surface area (Å²) in [6.07, 6.45) is 1.27. The van der Waals surface area contributed by atoms with E-state index in [0.717, 1.165) is 4.90 Å². The van der Waals surface area contributed by atoms with Gasteiger partial charge in [0.1, 0.15) is 28.2 Å². The number of nitrogens with one attached hydrogen (secondary N) is 2. The molecule has 0 radical (unpaired) electrons. The zero-order chi connectivity index (χ0) is 27.3. The number of H-pyrrole nitrogens is 1. The number of carboxylic acid groups (broad SMARTS) is 1. The van der Waals surface area contributed by atoms with Crippen LogP contribution in [0.15, 0.2) is 28.8 Å². The van der Waals surface area contributed by atoms with Crippen molar-refractivity contribution in [2.45, 2.75) is 59.0 Å². The maximum absolute atomic E-state index is 13.3. The first-order valence-electron chi connectivity index (χ1n) is 11.4. The Labute approximate surface area is 222 Å². The normalized spacial score (nSPS) is 13.1. The molecule has 0 aliphatic carbocycles. The third-order valence-electron chi connectivity index (χ3n) is 5.45. The van der Waals surface area contributed by atoms with Gasteiger partial charge in [-0.1, -0.05) is 63.7 Å². The summed E-state index contributed by atoms with van der Waals surface area (Å²) in [7, 11) is 0. The second-order valence-corrected chi connectivity index (χ2v) is 10.1. The van der Waals surface area contributed by atoms with Crippen LogP contribution in [0.1, 0.15) is 58.9 Å². The SMILES string of the molecule is CCCC[C@@H](C(=O)C(=O)Nc1ccn[nH]1)N(C(=O)O)[C@@H](c1nnc(-c2cc(Cl)nc(Cl)c2)o1)C(C)(C)C. The van der Waals surface area contributed by atoms with Crippen LogP contribution in [0.2, 0.25) is 10.3 Å². The summed E-state index contributed by atoms with van der Waals surface area (Å²) in [5.41, 5.74) is -0.434. The lowest BCUT2D eigenvalue weighted by Crippen LogP contribution is -2.52. The number of hydrogen-bond donors (Lipinski definition) is 3. The van der Waals surface area contributed by atoms with Crippen LogP contribution in [0.3, 0.4) is 0 Å². The highest BCUT2D eigenvalue weighted by molar-refractivity contribution is 6.42. The van der Waals surface area contributed by atoms with E-state index in [1.54, 1.807) is 20.8 Å². The van der Waals surface area contributed by atoms with E-state index in [2.05, 4.69) is 30.7 Å². The van der Waals surface area contributed by atoms with E-state index in [-0.39, 0.29) is 34.3 Å². The Morgan fingerprint density at radius 2 is 1.86 bits per heavy atom. The number of aromatic amines is 1. The van der Waals surface area contributed by atoms with E-state index in [9.17, 15) is 19.5 Å². The molecule has 2 amide bonds. The fourth-order valence-corrected chi connectivity index (χ4v) is 4.30. The fraction of sp³-hybridized carbons (Fsp3) is 0.435. The first-order valence-corrected chi connectivity index (χ1v) is 12.2. The van der Waals surface area contributed by atoms with Crippen molar-refractivity contribution in [3.63, 3.8) is 0 Å². The van der Waals surface area contributed by atoms with Crippen molar-refractivity contribution in [1.29, 1.82) is 0 Å². The molecule has 3 N–H and O–H groups in total. The monoisotopic (exact) mass is 551 g/mol. The maximum Gasteiger partial charge on any atom is 0.408 e. The molecule has 198 valence electrons. The molecule has 0 aliphatic rings. The number of halogens is 2. The molecule has 12 nitrogen and oxygen atoms in total. The van der Waals surface area contributed by atoms with Crippen LogP contribution in [-0.4, -0.2) is 59.2 Å². The standard InChI is InChI=1S/C23H27Cl2N7O5/c1-5-6-7-13(17(33)19(34)28-16-8-9-26-29-16)32(22(35)36)18(23(2,3)4)21-31-30-20(37-21)12-10-14(24)27-15(25)11-12/h8-11,13,18H,5-7H2,1-4H3,(H,35,36)(H2,26,28,29,34)/t13-,18-/m0/s1. The van der Waals surface area contributed by atoms with E-state index in [0.29, 0.717) is 18.4 Å². The molecular weight excluding hydrogens is 525 g/mol. The molecular formula is C23H27Cl2N7O5. The predicted octanol–water partition coefficient (Wildman–Crippen LogP) is 5.00. The lowest BCUT2D eigenvalue weighted by Gasteiger charge is -2.39. The molecule has 3 rings (SSSR count). The van der Waals surface area contributed by atoms with Crippen LogP contribution in [0.25, 0.3) is 11.5 Å². The number of anilines is 1. The van der Waals surface area contributed by atoms with Gasteiger partial charge in [-0.3, -0.25) is 19.6 Å². The van der Waals surface area contributed by atoms with Crippen molar-refractivity contribution in [3.05, 3.63) is 40.6 Å².